The molecule has 0 aliphatic carbocycles. The third-order valence-electron chi connectivity index (χ3n) is 1.78. The highest BCUT2D eigenvalue weighted by atomic mass is 127. The average molecular weight is 254 g/mol. The van der Waals surface area contributed by atoms with Crippen LogP contribution < -0.4 is 5.32 Å². The zero-order valence-corrected chi connectivity index (χ0v) is 8.47. The van der Waals surface area contributed by atoms with Crippen LogP contribution in [0.1, 0.15) is 13.8 Å². The van der Waals surface area contributed by atoms with E-state index in [0.29, 0.717) is 0 Å². The van der Waals surface area contributed by atoms with Gasteiger partial charge in [-0.05, 0) is 13.8 Å². The zero-order valence-electron chi connectivity index (χ0n) is 6.31. The number of carbonyl (C=O) groups is 1. The Morgan fingerprint density at radius 2 is 2.30 bits per heavy atom. The molecule has 0 aromatic carbocycles. The standard InChI is InChI=1S/C6H11IN2O/c1-4-8-6(2,7)5(10)9(4)3/h4,8H,1-3H3. The van der Waals surface area contributed by atoms with Crippen LogP contribution >= 0.6 is 22.6 Å². The maximum absolute atomic E-state index is 11.3. The van der Waals surface area contributed by atoms with Crippen molar-refractivity contribution in [3.8, 4) is 0 Å². The fourth-order valence-corrected chi connectivity index (χ4v) is 1.89. The Hall–Kier alpha value is 0.160. The van der Waals surface area contributed by atoms with Gasteiger partial charge in [-0.1, -0.05) is 22.6 Å². The van der Waals surface area contributed by atoms with Gasteiger partial charge in [0.1, 0.15) is 3.55 Å². The minimum absolute atomic E-state index is 0.153. The summed E-state index contributed by atoms with van der Waals surface area (Å²) in [4.78, 5) is 13.0. The molecule has 0 aromatic heterocycles. The summed E-state index contributed by atoms with van der Waals surface area (Å²) >= 11 is 2.12. The summed E-state index contributed by atoms with van der Waals surface area (Å²) in [5, 5.41) is 3.16. The predicted molar refractivity (Wildman–Crippen MR) is 47.8 cm³/mol. The Morgan fingerprint density at radius 1 is 1.80 bits per heavy atom. The van der Waals surface area contributed by atoms with Crippen LogP contribution in [0, 0.1) is 0 Å². The third kappa shape index (κ3) is 1.14. The number of likely N-dealkylation sites (N-methyl/N-ethyl adjacent to an activating group) is 1. The van der Waals surface area contributed by atoms with E-state index in [1.54, 1.807) is 4.90 Å². The highest BCUT2D eigenvalue weighted by molar-refractivity contribution is 14.1. The molecule has 2 atom stereocenters. The maximum Gasteiger partial charge on any atom is 0.253 e. The fraction of sp³-hybridized carbons (Fsp3) is 0.833. The van der Waals surface area contributed by atoms with Crippen LogP contribution in [-0.4, -0.2) is 27.6 Å². The van der Waals surface area contributed by atoms with Crippen LogP contribution in [0.5, 0.6) is 0 Å². The number of carbonyl (C=O) groups excluding carboxylic acids is 1. The molecule has 1 aliphatic rings. The van der Waals surface area contributed by atoms with E-state index in [9.17, 15) is 4.79 Å². The van der Waals surface area contributed by atoms with Gasteiger partial charge in [0.25, 0.3) is 5.91 Å². The second-order valence-corrected chi connectivity index (χ2v) is 4.90. The van der Waals surface area contributed by atoms with Crippen LogP contribution in [0.4, 0.5) is 0 Å². The van der Waals surface area contributed by atoms with Gasteiger partial charge in [0.15, 0.2) is 0 Å². The molecule has 10 heavy (non-hydrogen) atoms. The van der Waals surface area contributed by atoms with E-state index >= 15 is 0 Å². The molecular weight excluding hydrogens is 243 g/mol. The number of halogens is 1. The summed E-state index contributed by atoms with van der Waals surface area (Å²) < 4.78 is -0.397. The molecular formula is C6H11IN2O. The molecule has 0 spiro atoms. The van der Waals surface area contributed by atoms with E-state index in [1.807, 2.05) is 20.9 Å². The third-order valence-corrected chi connectivity index (χ3v) is 2.56. The first-order chi connectivity index (χ1) is 4.45. The van der Waals surface area contributed by atoms with E-state index in [2.05, 4.69) is 27.9 Å². The van der Waals surface area contributed by atoms with Crippen molar-refractivity contribution in [3.63, 3.8) is 0 Å². The lowest BCUT2D eigenvalue weighted by atomic mass is 10.3. The van der Waals surface area contributed by atoms with Crippen LogP contribution in [-0.2, 0) is 4.79 Å². The Kier molecular flexibility index (Phi) is 1.93. The number of alkyl halides is 1. The Balaban J connectivity index is 2.82. The molecule has 4 heteroatoms. The summed E-state index contributed by atoms with van der Waals surface area (Å²) in [6, 6.07) is 0. The molecule has 1 amide bonds. The molecule has 1 fully saturated rings. The first-order valence-electron chi connectivity index (χ1n) is 3.19. The number of nitrogens with zero attached hydrogens (tertiary/aromatic N) is 1. The Labute approximate surface area is 74.3 Å². The topological polar surface area (TPSA) is 32.3 Å². The van der Waals surface area contributed by atoms with E-state index in [1.165, 1.54) is 0 Å². The average Bonchev–Trinajstić information content (AvgIpc) is 1.95. The molecule has 58 valence electrons. The van der Waals surface area contributed by atoms with Gasteiger partial charge in [-0.3, -0.25) is 10.1 Å². The van der Waals surface area contributed by atoms with E-state index in [-0.39, 0.29) is 12.1 Å². The van der Waals surface area contributed by atoms with Gasteiger partial charge in [-0.15, -0.1) is 0 Å². The van der Waals surface area contributed by atoms with Gasteiger partial charge < -0.3 is 4.90 Å². The molecule has 1 N–H and O–H groups in total. The van der Waals surface area contributed by atoms with Gasteiger partial charge in [-0.2, -0.15) is 0 Å². The van der Waals surface area contributed by atoms with Crippen LogP contribution in [0.15, 0.2) is 0 Å². The normalized spacial score (nSPS) is 41.0. The molecule has 1 aliphatic heterocycles. The largest absolute Gasteiger partial charge is 0.328 e. The fourth-order valence-electron chi connectivity index (χ4n) is 1.06. The smallest absolute Gasteiger partial charge is 0.253 e. The highest BCUT2D eigenvalue weighted by Crippen LogP contribution is 2.24. The number of nitrogens with one attached hydrogen (secondary N) is 1. The van der Waals surface area contributed by atoms with Gasteiger partial charge >= 0.3 is 0 Å². The monoisotopic (exact) mass is 254 g/mol. The molecule has 0 saturated carbocycles. The first kappa shape index (κ1) is 8.26. The second-order valence-electron chi connectivity index (χ2n) is 2.74. The van der Waals surface area contributed by atoms with Gasteiger partial charge in [-0.25, -0.2) is 0 Å². The number of hydrogen-bond donors (Lipinski definition) is 1. The summed E-state index contributed by atoms with van der Waals surface area (Å²) in [6.45, 7) is 3.86. The van der Waals surface area contributed by atoms with Crippen LogP contribution in [0.3, 0.4) is 0 Å². The first-order valence-corrected chi connectivity index (χ1v) is 4.27. The van der Waals surface area contributed by atoms with Crippen molar-refractivity contribution in [2.75, 3.05) is 7.05 Å². The molecule has 0 bridgehead atoms. The summed E-state index contributed by atoms with van der Waals surface area (Å²) in [5.74, 6) is 0.153. The molecule has 2 unspecified atom stereocenters. The number of hydrogen-bond acceptors (Lipinski definition) is 2. The van der Waals surface area contributed by atoms with Crippen molar-refractivity contribution in [2.45, 2.75) is 23.6 Å². The van der Waals surface area contributed by atoms with Crippen LogP contribution in [0.25, 0.3) is 0 Å². The lowest BCUT2D eigenvalue weighted by Gasteiger charge is -2.12. The minimum atomic E-state index is -0.397. The van der Waals surface area contributed by atoms with Crippen molar-refractivity contribution < 1.29 is 4.79 Å². The Morgan fingerprint density at radius 3 is 2.40 bits per heavy atom. The van der Waals surface area contributed by atoms with Crippen molar-refractivity contribution >= 4 is 28.5 Å². The molecule has 0 radical (unpaired) electrons. The molecule has 1 rings (SSSR count). The van der Waals surface area contributed by atoms with E-state index in [0.717, 1.165) is 0 Å². The van der Waals surface area contributed by atoms with E-state index < -0.39 is 3.55 Å². The zero-order chi connectivity index (χ0) is 7.94. The van der Waals surface area contributed by atoms with Gasteiger partial charge in [0.2, 0.25) is 0 Å². The van der Waals surface area contributed by atoms with Crippen molar-refractivity contribution in [3.05, 3.63) is 0 Å². The van der Waals surface area contributed by atoms with Crippen molar-refractivity contribution in [2.24, 2.45) is 0 Å². The van der Waals surface area contributed by atoms with Crippen molar-refractivity contribution in [1.29, 1.82) is 0 Å². The quantitative estimate of drug-likeness (QED) is 0.389. The number of rotatable bonds is 0. The van der Waals surface area contributed by atoms with Crippen LogP contribution in [0.2, 0.25) is 0 Å². The molecule has 1 heterocycles. The lowest BCUT2D eigenvalue weighted by Crippen LogP contribution is -2.37. The molecule has 1 saturated heterocycles. The highest BCUT2D eigenvalue weighted by Gasteiger charge is 2.42. The predicted octanol–water partition coefficient (Wildman–Crippen LogP) is 0.545. The lowest BCUT2D eigenvalue weighted by molar-refractivity contribution is -0.128. The van der Waals surface area contributed by atoms with E-state index in [4.69, 9.17) is 0 Å². The summed E-state index contributed by atoms with van der Waals surface area (Å²) in [5.41, 5.74) is 0. The SMILES string of the molecule is CC1NC(C)(I)C(=O)N1C. The molecule has 3 nitrogen and oxygen atoms in total. The number of amides is 1. The summed E-state index contributed by atoms with van der Waals surface area (Å²) in [6.07, 6.45) is 0.161. The van der Waals surface area contributed by atoms with Crippen molar-refractivity contribution in [1.82, 2.24) is 10.2 Å². The Bertz CT molecular complexity index is 169. The summed E-state index contributed by atoms with van der Waals surface area (Å²) in [7, 11) is 1.81. The molecule has 0 aromatic rings. The minimum Gasteiger partial charge on any atom is -0.328 e. The maximum atomic E-state index is 11.3. The second kappa shape index (κ2) is 2.34. The van der Waals surface area contributed by atoms with Gasteiger partial charge in [0.05, 0.1) is 6.17 Å². The van der Waals surface area contributed by atoms with Gasteiger partial charge in [0, 0.05) is 7.05 Å².